The maximum atomic E-state index is 12.5. The van der Waals surface area contributed by atoms with Crippen molar-refractivity contribution in [3.05, 3.63) is 16.5 Å². The molecule has 1 aliphatic rings. The molecule has 2 rings (SSSR count). The highest BCUT2D eigenvalue weighted by atomic mass is 35.5. The van der Waals surface area contributed by atoms with Gasteiger partial charge in [0.2, 0.25) is 0 Å². The average Bonchev–Trinajstić information content (AvgIpc) is 2.86. The van der Waals surface area contributed by atoms with Crippen molar-refractivity contribution in [1.82, 2.24) is 4.31 Å². The molecule has 1 aromatic rings. The molecule has 0 saturated carbocycles. The third-order valence-corrected chi connectivity index (χ3v) is 6.71. The first kappa shape index (κ1) is 15.8. The highest BCUT2D eigenvalue weighted by Crippen LogP contribution is 2.30. The number of hydrogen-bond donors (Lipinski definition) is 0. The van der Waals surface area contributed by atoms with Crippen LogP contribution in [0, 0.1) is 5.92 Å². The van der Waals surface area contributed by atoms with Crippen LogP contribution in [0.2, 0.25) is 4.34 Å². The summed E-state index contributed by atoms with van der Waals surface area (Å²) >= 11 is 6.82. The van der Waals surface area contributed by atoms with E-state index in [2.05, 4.69) is 0 Å². The molecule has 8 heteroatoms. The fourth-order valence-corrected chi connectivity index (χ4v) is 5.34. The number of piperidine rings is 1. The zero-order valence-corrected chi connectivity index (χ0v) is 13.4. The monoisotopic (exact) mass is 337 g/mol. The molecule has 0 radical (unpaired) electrons. The Labute approximate surface area is 127 Å². The van der Waals surface area contributed by atoms with E-state index in [0.29, 0.717) is 30.3 Å². The van der Waals surface area contributed by atoms with Gasteiger partial charge in [-0.25, -0.2) is 8.42 Å². The van der Waals surface area contributed by atoms with Crippen molar-refractivity contribution in [2.24, 2.45) is 5.92 Å². The second-order valence-electron chi connectivity index (χ2n) is 4.51. The fourth-order valence-electron chi connectivity index (χ4n) is 2.18. The zero-order chi connectivity index (χ0) is 14.8. The van der Waals surface area contributed by atoms with E-state index in [4.69, 9.17) is 16.3 Å². The molecule has 112 valence electrons. The first-order chi connectivity index (χ1) is 9.45. The fraction of sp³-hybridized carbons (Fsp3) is 0.583. The second-order valence-corrected chi connectivity index (χ2v) is 8.39. The number of thiophene rings is 1. The van der Waals surface area contributed by atoms with Gasteiger partial charge in [0.25, 0.3) is 10.0 Å². The van der Waals surface area contributed by atoms with Crippen LogP contribution in [0.25, 0.3) is 0 Å². The molecule has 0 aromatic carbocycles. The van der Waals surface area contributed by atoms with Gasteiger partial charge in [-0.3, -0.25) is 4.79 Å². The largest absolute Gasteiger partial charge is 0.466 e. The van der Waals surface area contributed by atoms with Gasteiger partial charge in [0.1, 0.15) is 4.21 Å². The topological polar surface area (TPSA) is 63.7 Å². The number of carbonyl (C=O) groups is 1. The molecule has 5 nitrogen and oxygen atoms in total. The summed E-state index contributed by atoms with van der Waals surface area (Å²) < 4.78 is 31.9. The molecular weight excluding hydrogens is 322 g/mol. The Morgan fingerprint density at radius 3 is 2.90 bits per heavy atom. The number of ether oxygens (including phenoxy) is 1. The molecule has 0 amide bonds. The smallest absolute Gasteiger partial charge is 0.310 e. The Bertz CT molecular complexity index is 584. The lowest BCUT2D eigenvalue weighted by molar-refractivity contribution is -0.149. The molecule has 0 unspecified atom stereocenters. The standard InChI is InChI=1S/C12H16ClNO4S2/c1-2-18-12(15)9-4-3-7-14(8-9)20(16,17)11-6-5-10(13)19-11/h5-6,9H,2-4,7-8H2,1H3/t9-/m0/s1. The number of esters is 1. The minimum absolute atomic E-state index is 0.177. The summed E-state index contributed by atoms with van der Waals surface area (Å²) in [6.45, 7) is 2.65. The number of hydrogen-bond acceptors (Lipinski definition) is 5. The van der Waals surface area contributed by atoms with Crippen LogP contribution in [0.1, 0.15) is 19.8 Å². The second kappa shape index (κ2) is 6.43. The third-order valence-electron chi connectivity index (χ3n) is 3.15. The highest BCUT2D eigenvalue weighted by Gasteiger charge is 2.34. The number of carbonyl (C=O) groups excluding carboxylic acids is 1. The quantitative estimate of drug-likeness (QED) is 0.791. The van der Waals surface area contributed by atoms with E-state index in [-0.39, 0.29) is 22.6 Å². The highest BCUT2D eigenvalue weighted by molar-refractivity contribution is 7.91. The van der Waals surface area contributed by atoms with E-state index in [1.807, 2.05) is 0 Å². The molecule has 20 heavy (non-hydrogen) atoms. The summed E-state index contributed by atoms with van der Waals surface area (Å²) in [5.41, 5.74) is 0. The molecule has 0 spiro atoms. The lowest BCUT2D eigenvalue weighted by Crippen LogP contribution is -2.42. The van der Waals surface area contributed by atoms with Crippen molar-refractivity contribution < 1.29 is 17.9 Å². The first-order valence-electron chi connectivity index (χ1n) is 6.37. The summed E-state index contributed by atoms with van der Waals surface area (Å²) in [7, 11) is -3.56. The summed E-state index contributed by atoms with van der Waals surface area (Å²) in [5.74, 6) is -0.703. The van der Waals surface area contributed by atoms with Crippen LogP contribution < -0.4 is 0 Å². The maximum Gasteiger partial charge on any atom is 0.310 e. The van der Waals surface area contributed by atoms with Gasteiger partial charge in [0.05, 0.1) is 16.9 Å². The lowest BCUT2D eigenvalue weighted by Gasteiger charge is -2.30. The molecule has 1 fully saturated rings. The third kappa shape index (κ3) is 3.33. The normalized spacial score (nSPS) is 20.8. The summed E-state index contributed by atoms with van der Waals surface area (Å²) in [6, 6.07) is 3.06. The Morgan fingerprint density at radius 2 is 2.30 bits per heavy atom. The average molecular weight is 338 g/mol. The van der Waals surface area contributed by atoms with Crippen molar-refractivity contribution in [2.45, 2.75) is 24.0 Å². The molecular formula is C12H16ClNO4S2. The van der Waals surface area contributed by atoms with Crippen molar-refractivity contribution >= 4 is 38.9 Å². The van der Waals surface area contributed by atoms with Crippen molar-refractivity contribution in [3.63, 3.8) is 0 Å². The van der Waals surface area contributed by atoms with Gasteiger partial charge in [-0.05, 0) is 31.9 Å². The first-order valence-corrected chi connectivity index (χ1v) is 9.00. The van der Waals surface area contributed by atoms with Gasteiger partial charge in [-0.1, -0.05) is 11.6 Å². The van der Waals surface area contributed by atoms with Crippen LogP contribution in [-0.4, -0.2) is 38.4 Å². The van der Waals surface area contributed by atoms with E-state index in [9.17, 15) is 13.2 Å². The molecule has 0 aliphatic carbocycles. The molecule has 1 atom stereocenters. The number of rotatable bonds is 4. The minimum Gasteiger partial charge on any atom is -0.466 e. The van der Waals surface area contributed by atoms with Crippen LogP contribution in [0.4, 0.5) is 0 Å². The Balaban J connectivity index is 2.14. The molecule has 1 saturated heterocycles. The lowest BCUT2D eigenvalue weighted by atomic mass is 10.0. The van der Waals surface area contributed by atoms with Crippen molar-refractivity contribution in [1.29, 1.82) is 0 Å². The van der Waals surface area contributed by atoms with Crippen molar-refractivity contribution in [3.8, 4) is 0 Å². The molecule has 1 aromatic heterocycles. The van der Waals surface area contributed by atoms with E-state index in [0.717, 1.165) is 11.3 Å². The Kier molecular flexibility index (Phi) is 5.06. The predicted octanol–water partition coefficient (Wildman–Crippen LogP) is 2.37. The number of halogens is 1. The summed E-state index contributed by atoms with van der Waals surface area (Å²) in [6.07, 6.45) is 1.32. The van der Waals surface area contributed by atoms with Crippen LogP contribution in [0.3, 0.4) is 0 Å². The van der Waals surface area contributed by atoms with Gasteiger partial charge < -0.3 is 4.74 Å². The SMILES string of the molecule is CCOC(=O)[C@H]1CCCN(S(=O)(=O)c2ccc(Cl)s2)C1. The van der Waals surface area contributed by atoms with Crippen LogP contribution in [0.15, 0.2) is 16.3 Å². The van der Waals surface area contributed by atoms with E-state index in [1.165, 1.54) is 10.4 Å². The van der Waals surface area contributed by atoms with Crippen LogP contribution >= 0.6 is 22.9 Å². The molecule has 1 aliphatic heterocycles. The van der Waals surface area contributed by atoms with E-state index >= 15 is 0 Å². The van der Waals surface area contributed by atoms with Crippen molar-refractivity contribution in [2.75, 3.05) is 19.7 Å². The van der Waals surface area contributed by atoms with Crippen LogP contribution in [0.5, 0.6) is 0 Å². The molecule has 0 N–H and O–H groups in total. The Morgan fingerprint density at radius 1 is 1.55 bits per heavy atom. The number of nitrogens with zero attached hydrogens (tertiary/aromatic N) is 1. The van der Waals surface area contributed by atoms with Crippen LogP contribution in [-0.2, 0) is 19.6 Å². The predicted molar refractivity (Wildman–Crippen MR) is 77.4 cm³/mol. The molecule has 0 bridgehead atoms. The van der Waals surface area contributed by atoms with E-state index < -0.39 is 10.0 Å². The zero-order valence-electron chi connectivity index (χ0n) is 11.0. The summed E-state index contributed by atoms with van der Waals surface area (Å²) in [5, 5.41) is 0. The van der Waals surface area contributed by atoms with Gasteiger partial charge in [-0.15, -0.1) is 11.3 Å². The maximum absolute atomic E-state index is 12.5. The summed E-state index contributed by atoms with van der Waals surface area (Å²) in [4.78, 5) is 11.7. The van der Waals surface area contributed by atoms with Gasteiger partial charge in [0, 0.05) is 13.1 Å². The van der Waals surface area contributed by atoms with E-state index in [1.54, 1.807) is 13.0 Å². The van der Waals surface area contributed by atoms with Gasteiger partial charge >= 0.3 is 5.97 Å². The van der Waals surface area contributed by atoms with Gasteiger partial charge in [-0.2, -0.15) is 4.31 Å². The number of sulfonamides is 1. The minimum atomic E-state index is -3.56. The molecule has 2 heterocycles. The van der Waals surface area contributed by atoms with Gasteiger partial charge in [0.15, 0.2) is 0 Å². The Hall–Kier alpha value is -0.630.